The molecule has 1 aliphatic rings. The van der Waals surface area contributed by atoms with E-state index in [0.29, 0.717) is 0 Å². The highest BCUT2D eigenvalue weighted by Gasteiger charge is 2.33. The Bertz CT molecular complexity index is 165. The molecule has 0 saturated heterocycles. The third-order valence-corrected chi connectivity index (χ3v) is 3.52. The summed E-state index contributed by atoms with van der Waals surface area (Å²) in [6.45, 7) is 4.87. The Balaban J connectivity index is 2.34. The molecule has 84 valence electrons. The van der Waals surface area contributed by atoms with Crippen LogP contribution in [-0.4, -0.2) is 35.5 Å². The summed E-state index contributed by atoms with van der Waals surface area (Å²) < 4.78 is 0. The summed E-state index contributed by atoms with van der Waals surface area (Å²) in [6.07, 6.45) is 4.36. The van der Waals surface area contributed by atoms with E-state index in [-0.39, 0.29) is 24.2 Å². The minimum atomic E-state index is -0.327. The Labute approximate surface area is 86.5 Å². The van der Waals surface area contributed by atoms with E-state index in [2.05, 4.69) is 5.32 Å². The van der Waals surface area contributed by atoms with Crippen LogP contribution >= 0.6 is 0 Å². The summed E-state index contributed by atoms with van der Waals surface area (Å²) in [5.41, 5.74) is 0.0865. The quantitative estimate of drug-likeness (QED) is 0.619. The van der Waals surface area contributed by atoms with Crippen molar-refractivity contribution in [1.29, 1.82) is 0 Å². The monoisotopic (exact) mass is 201 g/mol. The molecule has 0 radical (unpaired) electrons. The Morgan fingerprint density at radius 2 is 1.86 bits per heavy atom. The molecule has 1 aliphatic carbocycles. The van der Waals surface area contributed by atoms with Crippen LogP contribution in [0.25, 0.3) is 0 Å². The molecule has 0 aromatic rings. The summed E-state index contributed by atoms with van der Waals surface area (Å²) >= 11 is 0. The molecular formula is C11H23NO2. The molecule has 1 rings (SSSR count). The second-order valence-electron chi connectivity index (χ2n) is 4.78. The van der Waals surface area contributed by atoms with Gasteiger partial charge in [0.05, 0.1) is 6.10 Å². The van der Waals surface area contributed by atoms with Gasteiger partial charge in [0.2, 0.25) is 0 Å². The highest BCUT2D eigenvalue weighted by Crippen LogP contribution is 2.36. The van der Waals surface area contributed by atoms with E-state index < -0.39 is 0 Å². The zero-order chi connectivity index (χ0) is 10.6. The zero-order valence-electron chi connectivity index (χ0n) is 9.29. The molecule has 3 nitrogen and oxygen atoms in total. The molecule has 0 aromatic heterocycles. The minimum absolute atomic E-state index is 0.0865. The Morgan fingerprint density at radius 1 is 1.29 bits per heavy atom. The van der Waals surface area contributed by atoms with Gasteiger partial charge in [0.25, 0.3) is 0 Å². The maximum absolute atomic E-state index is 9.37. The van der Waals surface area contributed by atoms with Gasteiger partial charge in [0, 0.05) is 24.6 Å². The SMILES string of the molecule is CC(O)C(C)NCC1(CO)CCCC1. The van der Waals surface area contributed by atoms with Crippen LogP contribution in [0.15, 0.2) is 0 Å². The highest BCUT2D eigenvalue weighted by atomic mass is 16.3. The Kier molecular flexibility index (Phi) is 4.35. The lowest BCUT2D eigenvalue weighted by Gasteiger charge is -2.29. The van der Waals surface area contributed by atoms with Crippen molar-refractivity contribution >= 4 is 0 Å². The minimum Gasteiger partial charge on any atom is -0.396 e. The molecule has 0 heterocycles. The fourth-order valence-electron chi connectivity index (χ4n) is 2.06. The van der Waals surface area contributed by atoms with Gasteiger partial charge in [-0.25, -0.2) is 0 Å². The lowest BCUT2D eigenvalue weighted by molar-refractivity contribution is 0.105. The second-order valence-corrected chi connectivity index (χ2v) is 4.78. The Morgan fingerprint density at radius 3 is 2.29 bits per heavy atom. The molecule has 0 amide bonds. The molecule has 1 fully saturated rings. The average Bonchev–Trinajstić information content (AvgIpc) is 2.63. The fourth-order valence-corrected chi connectivity index (χ4v) is 2.06. The van der Waals surface area contributed by atoms with Gasteiger partial charge in [-0.1, -0.05) is 12.8 Å². The molecule has 14 heavy (non-hydrogen) atoms. The lowest BCUT2D eigenvalue weighted by Crippen LogP contribution is -2.43. The van der Waals surface area contributed by atoms with E-state index in [4.69, 9.17) is 0 Å². The fraction of sp³-hybridized carbons (Fsp3) is 1.00. The van der Waals surface area contributed by atoms with Gasteiger partial charge in [-0.05, 0) is 26.7 Å². The molecular weight excluding hydrogens is 178 g/mol. The summed E-state index contributed by atoms with van der Waals surface area (Å²) in [5, 5.41) is 22.0. The number of hydrogen-bond acceptors (Lipinski definition) is 3. The number of aliphatic hydroxyl groups is 2. The largest absolute Gasteiger partial charge is 0.396 e. The molecule has 0 spiro atoms. The van der Waals surface area contributed by atoms with E-state index in [0.717, 1.165) is 19.4 Å². The smallest absolute Gasteiger partial charge is 0.0662 e. The molecule has 0 aromatic carbocycles. The Hall–Kier alpha value is -0.120. The molecule has 2 unspecified atom stereocenters. The van der Waals surface area contributed by atoms with Crippen molar-refractivity contribution in [1.82, 2.24) is 5.32 Å². The summed E-state index contributed by atoms with van der Waals surface area (Å²) in [6, 6.07) is 0.110. The van der Waals surface area contributed by atoms with Gasteiger partial charge in [-0.15, -0.1) is 0 Å². The van der Waals surface area contributed by atoms with Crippen molar-refractivity contribution in [2.75, 3.05) is 13.2 Å². The molecule has 0 bridgehead atoms. The summed E-state index contributed by atoms with van der Waals surface area (Å²) in [4.78, 5) is 0. The number of nitrogens with one attached hydrogen (secondary N) is 1. The van der Waals surface area contributed by atoms with Crippen molar-refractivity contribution < 1.29 is 10.2 Å². The van der Waals surface area contributed by atoms with Crippen molar-refractivity contribution in [3.63, 3.8) is 0 Å². The molecule has 3 heteroatoms. The van der Waals surface area contributed by atoms with Crippen LogP contribution in [0.2, 0.25) is 0 Å². The maximum atomic E-state index is 9.37. The van der Waals surface area contributed by atoms with E-state index >= 15 is 0 Å². The van der Waals surface area contributed by atoms with Crippen LogP contribution in [0.5, 0.6) is 0 Å². The first-order valence-electron chi connectivity index (χ1n) is 5.62. The lowest BCUT2D eigenvalue weighted by atomic mass is 9.87. The van der Waals surface area contributed by atoms with Crippen molar-refractivity contribution in [3.8, 4) is 0 Å². The van der Waals surface area contributed by atoms with E-state index in [9.17, 15) is 10.2 Å². The number of hydrogen-bond donors (Lipinski definition) is 3. The number of rotatable bonds is 5. The average molecular weight is 201 g/mol. The third-order valence-electron chi connectivity index (χ3n) is 3.52. The van der Waals surface area contributed by atoms with Crippen LogP contribution < -0.4 is 5.32 Å². The van der Waals surface area contributed by atoms with E-state index in [1.165, 1.54) is 12.8 Å². The van der Waals surface area contributed by atoms with Crippen molar-refractivity contribution in [2.45, 2.75) is 51.7 Å². The predicted molar refractivity (Wildman–Crippen MR) is 57.1 cm³/mol. The van der Waals surface area contributed by atoms with Crippen LogP contribution in [-0.2, 0) is 0 Å². The second kappa shape index (κ2) is 5.10. The van der Waals surface area contributed by atoms with Crippen LogP contribution in [0.4, 0.5) is 0 Å². The third kappa shape index (κ3) is 2.94. The van der Waals surface area contributed by atoms with Crippen LogP contribution in [0.1, 0.15) is 39.5 Å². The summed E-state index contributed by atoms with van der Waals surface area (Å²) in [5.74, 6) is 0. The standard InChI is InChI=1S/C11H23NO2/c1-9(10(2)14)12-7-11(8-13)5-3-4-6-11/h9-10,12-14H,3-8H2,1-2H3. The normalized spacial score (nSPS) is 24.9. The molecule has 1 saturated carbocycles. The van der Waals surface area contributed by atoms with Gasteiger partial charge < -0.3 is 15.5 Å². The van der Waals surface area contributed by atoms with Gasteiger partial charge >= 0.3 is 0 Å². The van der Waals surface area contributed by atoms with E-state index in [1.807, 2.05) is 6.92 Å². The van der Waals surface area contributed by atoms with Gasteiger partial charge in [-0.2, -0.15) is 0 Å². The summed E-state index contributed by atoms with van der Waals surface area (Å²) in [7, 11) is 0. The predicted octanol–water partition coefficient (Wildman–Crippen LogP) is 0.898. The zero-order valence-corrected chi connectivity index (χ0v) is 9.29. The van der Waals surface area contributed by atoms with Gasteiger partial charge in [0.15, 0.2) is 0 Å². The first-order chi connectivity index (χ1) is 6.59. The topological polar surface area (TPSA) is 52.5 Å². The van der Waals surface area contributed by atoms with Crippen LogP contribution in [0, 0.1) is 5.41 Å². The van der Waals surface area contributed by atoms with Crippen LogP contribution in [0.3, 0.4) is 0 Å². The van der Waals surface area contributed by atoms with E-state index in [1.54, 1.807) is 6.92 Å². The van der Waals surface area contributed by atoms with Gasteiger partial charge in [0.1, 0.15) is 0 Å². The van der Waals surface area contributed by atoms with Crippen molar-refractivity contribution in [2.24, 2.45) is 5.41 Å². The first kappa shape index (κ1) is 12.0. The highest BCUT2D eigenvalue weighted by molar-refractivity contribution is 4.87. The maximum Gasteiger partial charge on any atom is 0.0662 e. The molecule has 2 atom stereocenters. The molecule has 0 aliphatic heterocycles. The molecule has 3 N–H and O–H groups in total. The van der Waals surface area contributed by atoms with Crippen molar-refractivity contribution in [3.05, 3.63) is 0 Å². The van der Waals surface area contributed by atoms with Gasteiger partial charge in [-0.3, -0.25) is 0 Å². The first-order valence-corrected chi connectivity index (χ1v) is 5.62. The number of aliphatic hydroxyl groups excluding tert-OH is 2.